The number of hydrogen-bond acceptors (Lipinski definition) is 5. The molecule has 0 bridgehead atoms. The average molecular weight is 392 g/mol. The number of hydrogen-bond donors (Lipinski definition) is 1. The molecule has 0 unspecified atom stereocenters. The van der Waals surface area contributed by atoms with Crippen molar-refractivity contribution in [2.24, 2.45) is 7.05 Å². The molecule has 26 heavy (non-hydrogen) atoms. The van der Waals surface area contributed by atoms with Gasteiger partial charge >= 0.3 is 0 Å². The molecular formula is C18H18ClN3O3S. The summed E-state index contributed by atoms with van der Waals surface area (Å²) in [6.45, 7) is 0. The maximum absolute atomic E-state index is 12.4. The van der Waals surface area contributed by atoms with Gasteiger partial charge in [-0.05, 0) is 12.1 Å². The number of ether oxygens (including phenoxy) is 2. The number of halogens is 1. The maximum Gasteiger partial charge on any atom is 0.234 e. The Balaban J connectivity index is 1.72. The molecule has 0 aliphatic heterocycles. The van der Waals surface area contributed by atoms with E-state index in [0.717, 1.165) is 16.2 Å². The van der Waals surface area contributed by atoms with Gasteiger partial charge < -0.3 is 19.4 Å². The molecule has 0 radical (unpaired) electrons. The third-order valence-electron chi connectivity index (χ3n) is 3.83. The van der Waals surface area contributed by atoms with Crippen LogP contribution in [0.5, 0.6) is 11.5 Å². The van der Waals surface area contributed by atoms with Crippen molar-refractivity contribution in [3.63, 3.8) is 0 Å². The smallest absolute Gasteiger partial charge is 0.234 e. The van der Waals surface area contributed by atoms with Crippen molar-refractivity contribution in [2.45, 2.75) is 5.16 Å². The fourth-order valence-corrected chi connectivity index (χ4v) is 3.55. The Hall–Kier alpha value is -2.38. The molecule has 0 saturated carbocycles. The number of rotatable bonds is 6. The Kier molecular flexibility index (Phi) is 5.58. The lowest BCUT2D eigenvalue weighted by atomic mass is 10.2. The van der Waals surface area contributed by atoms with E-state index in [1.807, 2.05) is 35.9 Å². The second-order valence-corrected chi connectivity index (χ2v) is 6.82. The number of benzene rings is 2. The predicted octanol–water partition coefficient (Wildman–Crippen LogP) is 3.97. The number of nitrogens with zero attached hydrogens (tertiary/aromatic N) is 2. The van der Waals surface area contributed by atoms with Gasteiger partial charge in [0.2, 0.25) is 5.91 Å². The topological polar surface area (TPSA) is 65.4 Å². The van der Waals surface area contributed by atoms with Crippen LogP contribution in [0.25, 0.3) is 11.0 Å². The number of imidazole rings is 1. The number of fused-ring (bicyclic) bond motifs is 1. The summed E-state index contributed by atoms with van der Waals surface area (Å²) in [7, 11) is 4.96. The first-order valence-electron chi connectivity index (χ1n) is 7.79. The molecule has 3 rings (SSSR count). The van der Waals surface area contributed by atoms with Gasteiger partial charge in [-0.1, -0.05) is 35.5 Å². The van der Waals surface area contributed by atoms with Gasteiger partial charge in [-0.3, -0.25) is 4.79 Å². The highest BCUT2D eigenvalue weighted by atomic mass is 35.5. The minimum absolute atomic E-state index is 0.176. The predicted molar refractivity (Wildman–Crippen MR) is 105 cm³/mol. The molecule has 0 fully saturated rings. The summed E-state index contributed by atoms with van der Waals surface area (Å²) in [4.78, 5) is 16.9. The molecule has 0 aliphatic rings. The van der Waals surface area contributed by atoms with Gasteiger partial charge in [-0.25, -0.2) is 4.98 Å². The second-order valence-electron chi connectivity index (χ2n) is 5.47. The van der Waals surface area contributed by atoms with Crippen molar-refractivity contribution in [3.05, 3.63) is 41.4 Å². The van der Waals surface area contributed by atoms with Crippen LogP contribution in [0.15, 0.2) is 41.6 Å². The summed E-state index contributed by atoms with van der Waals surface area (Å²) in [5.41, 5.74) is 2.44. The normalized spacial score (nSPS) is 10.8. The number of methoxy groups -OCH3 is 2. The van der Waals surface area contributed by atoms with Crippen molar-refractivity contribution in [1.29, 1.82) is 0 Å². The van der Waals surface area contributed by atoms with Crippen molar-refractivity contribution in [3.8, 4) is 11.5 Å². The number of aryl methyl sites for hydroxylation is 1. The van der Waals surface area contributed by atoms with Crippen LogP contribution < -0.4 is 14.8 Å². The molecule has 1 heterocycles. The van der Waals surface area contributed by atoms with Crippen LogP contribution in [0, 0.1) is 0 Å². The van der Waals surface area contributed by atoms with Crippen molar-refractivity contribution < 1.29 is 14.3 Å². The van der Waals surface area contributed by atoms with E-state index in [2.05, 4.69) is 10.3 Å². The fraction of sp³-hybridized carbons (Fsp3) is 0.222. The summed E-state index contributed by atoms with van der Waals surface area (Å²) in [6, 6.07) is 11.1. The zero-order valence-electron chi connectivity index (χ0n) is 14.6. The molecule has 8 heteroatoms. The first-order valence-corrected chi connectivity index (χ1v) is 9.15. The summed E-state index contributed by atoms with van der Waals surface area (Å²) in [5, 5.41) is 4.02. The summed E-state index contributed by atoms with van der Waals surface area (Å²) < 4.78 is 12.4. The quantitative estimate of drug-likeness (QED) is 0.644. The Morgan fingerprint density at radius 3 is 2.65 bits per heavy atom. The lowest BCUT2D eigenvalue weighted by Gasteiger charge is -2.13. The summed E-state index contributed by atoms with van der Waals surface area (Å²) >= 11 is 7.45. The third kappa shape index (κ3) is 3.73. The zero-order valence-corrected chi connectivity index (χ0v) is 16.1. The molecule has 3 aromatic rings. The monoisotopic (exact) mass is 391 g/mol. The number of nitrogens with one attached hydrogen (secondary N) is 1. The van der Waals surface area contributed by atoms with E-state index in [1.54, 1.807) is 12.1 Å². The first kappa shape index (κ1) is 18.4. The molecule has 6 nitrogen and oxygen atoms in total. The highest BCUT2D eigenvalue weighted by Gasteiger charge is 2.14. The summed E-state index contributed by atoms with van der Waals surface area (Å²) in [5.74, 6) is 0.970. The molecule has 136 valence electrons. The van der Waals surface area contributed by atoms with E-state index in [0.29, 0.717) is 22.2 Å². The summed E-state index contributed by atoms with van der Waals surface area (Å²) in [6.07, 6.45) is 0. The van der Waals surface area contributed by atoms with E-state index in [9.17, 15) is 4.79 Å². The van der Waals surface area contributed by atoms with Gasteiger partial charge in [0.05, 0.1) is 41.7 Å². The number of carbonyl (C=O) groups excluding carboxylic acids is 1. The number of carbonyl (C=O) groups is 1. The Bertz CT molecular complexity index is 958. The van der Waals surface area contributed by atoms with Gasteiger partial charge in [-0.2, -0.15) is 0 Å². The van der Waals surface area contributed by atoms with Crippen LogP contribution in [0.4, 0.5) is 5.69 Å². The molecule has 0 aliphatic carbocycles. The molecule has 1 N–H and O–H groups in total. The van der Waals surface area contributed by atoms with Crippen LogP contribution >= 0.6 is 23.4 Å². The fourth-order valence-electron chi connectivity index (χ4n) is 2.53. The largest absolute Gasteiger partial charge is 0.495 e. The van der Waals surface area contributed by atoms with E-state index >= 15 is 0 Å². The standard InChI is InChI=1S/C18H18ClN3O3S/c1-22-14-7-5-4-6-12(14)21-18(22)26-10-17(23)20-13-9-15(24-2)11(19)8-16(13)25-3/h4-9H,10H2,1-3H3,(H,20,23). The Morgan fingerprint density at radius 2 is 1.96 bits per heavy atom. The van der Waals surface area contributed by atoms with Gasteiger partial charge in [-0.15, -0.1) is 0 Å². The average Bonchev–Trinajstić information content (AvgIpc) is 2.97. The molecular weight excluding hydrogens is 374 g/mol. The van der Waals surface area contributed by atoms with Gasteiger partial charge in [0.15, 0.2) is 5.16 Å². The van der Waals surface area contributed by atoms with E-state index < -0.39 is 0 Å². The molecule has 0 spiro atoms. The van der Waals surface area contributed by atoms with Crippen molar-refractivity contribution in [2.75, 3.05) is 25.3 Å². The molecule has 0 atom stereocenters. The van der Waals surface area contributed by atoms with Crippen LogP contribution in [-0.2, 0) is 11.8 Å². The lowest BCUT2D eigenvalue weighted by Crippen LogP contribution is -2.15. The maximum atomic E-state index is 12.4. The van der Waals surface area contributed by atoms with Gasteiger partial charge in [0, 0.05) is 19.2 Å². The number of para-hydroxylation sites is 2. The highest BCUT2D eigenvalue weighted by Crippen LogP contribution is 2.36. The Morgan fingerprint density at radius 1 is 1.23 bits per heavy atom. The number of thioether (sulfide) groups is 1. The number of amides is 1. The van der Waals surface area contributed by atoms with E-state index in [4.69, 9.17) is 21.1 Å². The molecule has 1 amide bonds. The van der Waals surface area contributed by atoms with Crippen LogP contribution in [-0.4, -0.2) is 35.4 Å². The minimum Gasteiger partial charge on any atom is -0.495 e. The number of aromatic nitrogens is 2. The lowest BCUT2D eigenvalue weighted by molar-refractivity contribution is -0.113. The second kappa shape index (κ2) is 7.88. The minimum atomic E-state index is -0.176. The van der Waals surface area contributed by atoms with Gasteiger partial charge in [0.1, 0.15) is 11.5 Å². The number of anilines is 1. The third-order valence-corrected chi connectivity index (χ3v) is 5.15. The zero-order chi connectivity index (χ0) is 18.7. The van der Waals surface area contributed by atoms with Crippen molar-refractivity contribution in [1.82, 2.24) is 9.55 Å². The highest BCUT2D eigenvalue weighted by molar-refractivity contribution is 7.99. The first-order chi connectivity index (χ1) is 12.5. The molecule has 0 saturated heterocycles. The van der Waals surface area contributed by atoms with Crippen LogP contribution in [0.1, 0.15) is 0 Å². The van der Waals surface area contributed by atoms with Crippen molar-refractivity contribution >= 4 is 46.0 Å². The van der Waals surface area contributed by atoms with E-state index in [1.165, 1.54) is 26.0 Å². The molecule has 1 aromatic heterocycles. The SMILES string of the molecule is COc1cc(NC(=O)CSc2nc3ccccc3n2C)c(OC)cc1Cl. The Labute approximate surface area is 160 Å². The van der Waals surface area contributed by atoms with Gasteiger partial charge in [0.25, 0.3) is 0 Å². The van der Waals surface area contributed by atoms with E-state index in [-0.39, 0.29) is 11.7 Å². The van der Waals surface area contributed by atoms with Crippen LogP contribution in [0.2, 0.25) is 5.02 Å². The molecule has 2 aromatic carbocycles. The van der Waals surface area contributed by atoms with Crippen LogP contribution in [0.3, 0.4) is 0 Å².